The van der Waals surface area contributed by atoms with E-state index in [1.807, 2.05) is 19.0 Å². The molecule has 4 nitrogen and oxygen atoms in total. The number of carbonyl (C=O) groups excluding carboxylic acids is 1. The lowest BCUT2D eigenvalue weighted by atomic mass is 10.0. The summed E-state index contributed by atoms with van der Waals surface area (Å²) in [4.78, 5) is 19.7. The highest BCUT2D eigenvalue weighted by Crippen LogP contribution is 2.16. The van der Waals surface area contributed by atoms with Crippen LogP contribution < -0.4 is 0 Å². The minimum absolute atomic E-state index is 0.0611. The van der Waals surface area contributed by atoms with Crippen molar-refractivity contribution in [2.45, 2.75) is 18.9 Å². The Morgan fingerprint density at radius 2 is 2.28 bits per heavy atom. The zero-order valence-corrected chi connectivity index (χ0v) is 10.8. The molecule has 1 saturated heterocycles. The average Bonchev–Trinajstić information content (AvgIpc) is 2.39. The van der Waals surface area contributed by atoms with Gasteiger partial charge in [-0.1, -0.05) is 0 Å². The first-order valence-electron chi connectivity index (χ1n) is 6.15. The lowest BCUT2D eigenvalue weighted by molar-refractivity contribution is 0.0634. The van der Waals surface area contributed by atoms with Crippen molar-refractivity contribution in [2.24, 2.45) is 0 Å². The van der Waals surface area contributed by atoms with Gasteiger partial charge in [0.1, 0.15) is 0 Å². The van der Waals surface area contributed by atoms with Gasteiger partial charge in [0, 0.05) is 25.3 Å². The fraction of sp³-hybridized carbons (Fsp3) is 0.538. The molecule has 0 spiro atoms. The van der Waals surface area contributed by atoms with Gasteiger partial charge in [0.05, 0.1) is 5.56 Å². The molecular formula is C13H18FN3O. The number of hydrogen-bond acceptors (Lipinski definition) is 3. The van der Waals surface area contributed by atoms with E-state index in [-0.39, 0.29) is 5.91 Å². The minimum atomic E-state index is -0.559. The quantitative estimate of drug-likeness (QED) is 0.745. The third-order valence-electron chi connectivity index (χ3n) is 3.39. The number of halogens is 1. The first-order chi connectivity index (χ1) is 8.58. The smallest absolute Gasteiger partial charge is 0.255 e. The Morgan fingerprint density at radius 3 is 2.89 bits per heavy atom. The van der Waals surface area contributed by atoms with E-state index in [9.17, 15) is 9.18 Å². The summed E-state index contributed by atoms with van der Waals surface area (Å²) in [5.41, 5.74) is 0.454. The first kappa shape index (κ1) is 13.0. The van der Waals surface area contributed by atoms with Crippen molar-refractivity contribution in [3.05, 3.63) is 29.8 Å². The molecule has 5 heteroatoms. The first-order valence-corrected chi connectivity index (χ1v) is 6.15. The highest BCUT2D eigenvalue weighted by Gasteiger charge is 2.25. The minimum Gasteiger partial charge on any atom is -0.337 e. The van der Waals surface area contributed by atoms with Gasteiger partial charge in [-0.25, -0.2) is 4.98 Å². The molecular weight excluding hydrogens is 233 g/mol. The molecule has 2 rings (SSSR count). The van der Waals surface area contributed by atoms with E-state index in [1.165, 1.54) is 18.3 Å². The van der Waals surface area contributed by atoms with Crippen LogP contribution in [-0.4, -0.2) is 53.9 Å². The van der Waals surface area contributed by atoms with E-state index in [1.54, 1.807) is 0 Å². The summed E-state index contributed by atoms with van der Waals surface area (Å²) in [6, 6.07) is 3.11. The molecule has 0 aliphatic carbocycles. The maximum Gasteiger partial charge on any atom is 0.255 e. The van der Waals surface area contributed by atoms with Crippen molar-refractivity contribution >= 4 is 5.91 Å². The standard InChI is InChI=1S/C13H18FN3O/c1-16(2)11-4-3-7-17(9-11)13(18)10-5-6-12(14)15-8-10/h5-6,8,11H,3-4,7,9H2,1-2H3. The number of likely N-dealkylation sites (tertiary alicyclic amines) is 1. The third-order valence-corrected chi connectivity index (χ3v) is 3.39. The van der Waals surface area contributed by atoms with E-state index in [2.05, 4.69) is 9.88 Å². The van der Waals surface area contributed by atoms with Gasteiger partial charge in [-0.15, -0.1) is 0 Å². The predicted molar refractivity (Wildman–Crippen MR) is 66.8 cm³/mol. The number of carbonyl (C=O) groups is 1. The van der Waals surface area contributed by atoms with Crippen LogP contribution >= 0.6 is 0 Å². The number of aromatic nitrogens is 1. The Balaban J connectivity index is 2.06. The van der Waals surface area contributed by atoms with Crippen LogP contribution in [0.25, 0.3) is 0 Å². The van der Waals surface area contributed by atoms with Gasteiger partial charge >= 0.3 is 0 Å². The third kappa shape index (κ3) is 2.85. The maximum atomic E-state index is 12.7. The molecule has 0 saturated carbocycles. The SMILES string of the molecule is CN(C)C1CCCN(C(=O)c2ccc(F)nc2)C1. The molecule has 1 aliphatic heterocycles. The molecule has 0 aromatic carbocycles. The lowest BCUT2D eigenvalue weighted by Gasteiger charge is -2.36. The summed E-state index contributed by atoms with van der Waals surface area (Å²) in [6.45, 7) is 1.49. The fourth-order valence-electron chi connectivity index (χ4n) is 2.25. The van der Waals surface area contributed by atoms with Gasteiger partial charge in [-0.05, 0) is 39.1 Å². The number of amides is 1. The Bertz CT molecular complexity index is 419. The summed E-state index contributed by atoms with van der Waals surface area (Å²) in [5, 5.41) is 0. The predicted octanol–water partition coefficient (Wildman–Crippen LogP) is 1.39. The summed E-state index contributed by atoms with van der Waals surface area (Å²) >= 11 is 0. The average molecular weight is 251 g/mol. The van der Waals surface area contributed by atoms with Crippen LogP contribution in [0.3, 0.4) is 0 Å². The Kier molecular flexibility index (Phi) is 3.91. The molecule has 1 fully saturated rings. The van der Waals surface area contributed by atoms with Crippen molar-refractivity contribution < 1.29 is 9.18 Å². The fourth-order valence-corrected chi connectivity index (χ4v) is 2.25. The molecule has 2 heterocycles. The number of piperidine rings is 1. The molecule has 1 aromatic rings. The Morgan fingerprint density at radius 1 is 1.50 bits per heavy atom. The van der Waals surface area contributed by atoms with E-state index in [4.69, 9.17) is 0 Å². The van der Waals surface area contributed by atoms with Gasteiger partial charge in [0.25, 0.3) is 5.91 Å². The van der Waals surface area contributed by atoms with Crippen LogP contribution in [0.5, 0.6) is 0 Å². The highest BCUT2D eigenvalue weighted by atomic mass is 19.1. The van der Waals surface area contributed by atoms with Crippen LogP contribution in [0, 0.1) is 5.95 Å². The number of likely N-dealkylation sites (N-methyl/N-ethyl adjacent to an activating group) is 1. The largest absolute Gasteiger partial charge is 0.337 e. The number of hydrogen-bond donors (Lipinski definition) is 0. The van der Waals surface area contributed by atoms with Crippen LogP contribution in [0.15, 0.2) is 18.3 Å². The van der Waals surface area contributed by atoms with Crippen LogP contribution in [-0.2, 0) is 0 Å². The van der Waals surface area contributed by atoms with Crippen LogP contribution in [0.4, 0.5) is 4.39 Å². The lowest BCUT2D eigenvalue weighted by Crippen LogP contribution is -2.47. The number of rotatable bonds is 2. The summed E-state index contributed by atoms with van der Waals surface area (Å²) < 4.78 is 12.7. The van der Waals surface area contributed by atoms with Crippen molar-refractivity contribution in [3.63, 3.8) is 0 Å². The molecule has 18 heavy (non-hydrogen) atoms. The molecule has 1 amide bonds. The molecule has 1 aromatic heterocycles. The molecule has 0 N–H and O–H groups in total. The second-order valence-corrected chi connectivity index (χ2v) is 4.88. The summed E-state index contributed by atoms with van der Waals surface area (Å²) in [5.74, 6) is -0.620. The molecule has 98 valence electrons. The molecule has 1 aliphatic rings. The van der Waals surface area contributed by atoms with Gasteiger partial charge in [-0.2, -0.15) is 4.39 Å². The van der Waals surface area contributed by atoms with Crippen LogP contribution in [0.2, 0.25) is 0 Å². The Labute approximate surface area is 106 Å². The molecule has 0 radical (unpaired) electrons. The zero-order chi connectivity index (χ0) is 13.1. The van der Waals surface area contributed by atoms with Crippen molar-refractivity contribution in [1.29, 1.82) is 0 Å². The van der Waals surface area contributed by atoms with E-state index in [0.29, 0.717) is 11.6 Å². The topological polar surface area (TPSA) is 36.4 Å². The normalized spacial score (nSPS) is 20.2. The van der Waals surface area contributed by atoms with E-state index >= 15 is 0 Å². The molecule has 0 bridgehead atoms. The summed E-state index contributed by atoms with van der Waals surface area (Å²) in [7, 11) is 4.05. The van der Waals surface area contributed by atoms with Gasteiger partial charge in [0.2, 0.25) is 5.95 Å². The van der Waals surface area contributed by atoms with Crippen LogP contribution in [0.1, 0.15) is 23.2 Å². The number of pyridine rings is 1. The zero-order valence-electron chi connectivity index (χ0n) is 10.8. The van der Waals surface area contributed by atoms with Gasteiger partial charge in [0.15, 0.2) is 0 Å². The molecule has 1 atom stereocenters. The van der Waals surface area contributed by atoms with E-state index in [0.717, 1.165) is 25.9 Å². The second kappa shape index (κ2) is 5.44. The van der Waals surface area contributed by atoms with Crippen molar-refractivity contribution in [1.82, 2.24) is 14.8 Å². The van der Waals surface area contributed by atoms with Crippen molar-refractivity contribution in [3.8, 4) is 0 Å². The Hall–Kier alpha value is -1.49. The molecule has 1 unspecified atom stereocenters. The monoisotopic (exact) mass is 251 g/mol. The summed E-state index contributed by atoms with van der Waals surface area (Å²) in [6.07, 6.45) is 3.42. The maximum absolute atomic E-state index is 12.7. The van der Waals surface area contributed by atoms with Crippen molar-refractivity contribution in [2.75, 3.05) is 27.2 Å². The van der Waals surface area contributed by atoms with E-state index < -0.39 is 5.95 Å². The highest BCUT2D eigenvalue weighted by molar-refractivity contribution is 5.93. The van der Waals surface area contributed by atoms with Gasteiger partial charge in [-0.3, -0.25) is 4.79 Å². The van der Waals surface area contributed by atoms with Gasteiger partial charge < -0.3 is 9.80 Å². The number of nitrogens with zero attached hydrogens (tertiary/aromatic N) is 3. The second-order valence-electron chi connectivity index (χ2n) is 4.88.